The molecule has 2 N–H and O–H groups in total. The average molecular weight is 415 g/mol. The molecule has 2 amide bonds. The number of rotatable bonds is 4. The van der Waals surface area contributed by atoms with Crippen LogP contribution in [0.4, 0.5) is 4.79 Å². The second-order valence-electron chi connectivity index (χ2n) is 6.19. The lowest BCUT2D eigenvalue weighted by Gasteiger charge is -2.28. The highest BCUT2D eigenvalue weighted by Gasteiger charge is 2.32. The van der Waals surface area contributed by atoms with Gasteiger partial charge in [0.25, 0.3) is 0 Å². The number of carbonyl (C=O) groups is 2. The molecule has 0 bridgehead atoms. The van der Waals surface area contributed by atoms with Gasteiger partial charge in [0.05, 0.1) is 11.6 Å². The van der Waals surface area contributed by atoms with E-state index in [1.807, 2.05) is 55.5 Å². The first kappa shape index (κ1) is 18.2. The Bertz CT molecular complexity index is 875. The molecule has 0 saturated heterocycles. The van der Waals surface area contributed by atoms with Crippen LogP contribution in [0.3, 0.4) is 0 Å². The number of urea groups is 1. The smallest absolute Gasteiger partial charge is 0.338 e. The van der Waals surface area contributed by atoms with E-state index in [-0.39, 0.29) is 12.6 Å². The van der Waals surface area contributed by atoms with Gasteiger partial charge in [0.2, 0.25) is 0 Å². The van der Waals surface area contributed by atoms with Crippen LogP contribution in [0, 0.1) is 6.92 Å². The molecular weight excluding hydrogens is 396 g/mol. The third-order valence-electron chi connectivity index (χ3n) is 4.16. The first-order chi connectivity index (χ1) is 12.4. The monoisotopic (exact) mass is 414 g/mol. The summed E-state index contributed by atoms with van der Waals surface area (Å²) in [4.78, 5) is 24.6. The van der Waals surface area contributed by atoms with Crippen molar-refractivity contribution in [2.24, 2.45) is 0 Å². The number of ether oxygens (including phenoxy) is 1. The van der Waals surface area contributed by atoms with Crippen molar-refractivity contribution in [3.63, 3.8) is 0 Å². The summed E-state index contributed by atoms with van der Waals surface area (Å²) in [5, 5.41) is 5.44. The normalized spacial score (nSPS) is 16.7. The van der Waals surface area contributed by atoms with Crippen LogP contribution in [0.1, 0.15) is 29.7 Å². The summed E-state index contributed by atoms with van der Waals surface area (Å²) in [5.74, 6) is -0.458. The van der Waals surface area contributed by atoms with E-state index in [1.165, 1.54) is 0 Å². The van der Waals surface area contributed by atoms with Gasteiger partial charge in [-0.1, -0.05) is 57.9 Å². The standard InChI is InChI=1S/C20H19BrN2O3/c1-12-6-8-14(9-7-12)11-26-19(24)17-13(2)22-20(25)23-18(17)15-4-3-5-16(21)10-15/h3-10,18H,11H2,1-2H3,(H2,22,23,25). The minimum atomic E-state index is -0.563. The van der Waals surface area contributed by atoms with Gasteiger partial charge in [-0.05, 0) is 37.1 Å². The molecular formula is C20H19BrN2O3. The topological polar surface area (TPSA) is 67.4 Å². The van der Waals surface area contributed by atoms with Crippen molar-refractivity contribution in [1.82, 2.24) is 10.6 Å². The van der Waals surface area contributed by atoms with Crippen LogP contribution in [0.2, 0.25) is 0 Å². The molecule has 0 aliphatic carbocycles. The Labute approximate surface area is 160 Å². The SMILES string of the molecule is CC1=C(C(=O)OCc2ccc(C)cc2)C(c2cccc(Br)c2)NC(=O)N1. The van der Waals surface area contributed by atoms with Crippen molar-refractivity contribution in [2.45, 2.75) is 26.5 Å². The van der Waals surface area contributed by atoms with Crippen LogP contribution in [0.25, 0.3) is 0 Å². The summed E-state index contributed by atoms with van der Waals surface area (Å²) >= 11 is 3.42. The van der Waals surface area contributed by atoms with Crippen LogP contribution in [0.5, 0.6) is 0 Å². The van der Waals surface area contributed by atoms with E-state index in [0.717, 1.165) is 21.2 Å². The molecule has 0 spiro atoms. The highest BCUT2D eigenvalue weighted by molar-refractivity contribution is 9.10. The number of halogens is 1. The van der Waals surface area contributed by atoms with Crippen molar-refractivity contribution in [2.75, 3.05) is 0 Å². The molecule has 1 atom stereocenters. The summed E-state index contributed by atoms with van der Waals surface area (Å²) in [6, 6.07) is 14.4. The lowest BCUT2D eigenvalue weighted by Crippen LogP contribution is -2.45. The predicted octanol–water partition coefficient (Wildman–Crippen LogP) is 4.13. The number of hydrogen-bond donors (Lipinski definition) is 2. The van der Waals surface area contributed by atoms with E-state index in [9.17, 15) is 9.59 Å². The minimum Gasteiger partial charge on any atom is -0.457 e. The van der Waals surface area contributed by atoms with Gasteiger partial charge in [-0.25, -0.2) is 9.59 Å². The quantitative estimate of drug-likeness (QED) is 0.738. The van der Waals surface area contributed by atoms with E-state index in [2.05, 4.69) is 26.6 Å². The number of nitrogens with one attached hydrogen (secondary N) is 2. The summed E-state index contributed by atoms with van der Waals surface area (Å²) in [6.07, 6.45) is 0. The lowest BCUT2D eigenvalue weighted by atomic mass is 9.95. The summed E-state index contributed by atoms with van der Waals surface area (Å²) in [7, 11) is 0. The fourth-order valence-electron chi connectivity index (χ4n) is 2.81. The van der Waals surface area contributed by atoms with Crippen molar-refractivity contribution in [3.8, 4) is 0 Å². The first-order valence-corrected chi connectivity index (χ1v) is 9.00. The van der Waals surface area contributed by atoms with Gasteiger partial charge in [-0.3, -0.25) is 0 Å². The number of allylic oxidation sites excluding steroid dienone is 1. The number of benzene rings is 2. The Balaban J connectivity index is 1.83. The van der Waals surface area contributed by atoms with Crippen LogP contribution < -0.4 is 10.6 Å². The van der Waals surface area contributed by atoms with Crippen molar-refractivity contribution in [1.29, 1.82) is 0 Å². The highest BCUT2D eigenvalue weighted by atomic mass is 79.9. The minimum absolute atomic E-state index is 0.176. The zero-order valence-corrected chi connectivity index (χ0v) is 16.1. The Morgan fingerprint density at radius 3 is 2.58 bits per heavy atom. The zero-order valence-electron chi connectivity index (χ0n) is 14.5. The predicted molar refractivity (Wildman–Crippen MR) is 102 cm³/mol. The molecule has 26 heavy (non-hydrogen) atoms. The maximum atomic E-state index is 12.7. The third-order valence-corrected chi connectivity index (χ3v) is 4.65. The first-order valence-electron chi connectivity index (χ1n) is 8.20. The molecule has 3 rings (SSSR count). The van der Waals surface area contributed by atoms with E-state index >= 15 is 0 Å². The molecule has 0 fully saturated rings. The molecule has 1 aliphatic rings. The van der Waals surface area contributed by atoms with E-state index in [4.69, 9.17) is 4.74 Å². The molecule has 1 heterocycles. The molecule has 5 nitrogen and oxygen atoms in total. The summed E-state index contributed by atoms with van der Waals surface area (Å²) in [6.45, 7) is 3.88. The van der Waals surface area contributed by atoms with Gasteiger partial charge in [0, 0.05) is 10.2 Å². The Kier molecular flexibility index (Phi) is 5.42. The molecule has 1 unspecified atom stereocenters. The van der Waals surface area contributed by atoms with Crippen LogP contribution in [0.15, 0.2) is 64.3 Å². The number of amides is 2. The summed E-state index contributed by atoms with van der Waals surface area (Å²) in [5.41, 5.74) is 3.75. The largest absolute Gasteiger partial charge is 0.457 e. The van der Waals surface area contributed by atoms with E-state index in [1.54, 1.807) is 6.92 Å². The lowest BCUT2D eigenvalue weighted by molar-refractivity contribution is -0.140. The highest BCUT2D eigenvalue weighted by Crippen LogP contribution is 2.29. The second kappa shape index (κ2) is 7.74. The number of aryl methyl sites for hydroxylation is 1. The molecule has 0 aromatic heterocycles. The molecule has 2 aromatic rings. The van der Waals surface area contributed by atoms with Gasteiger partial charge < -0.3 is 15.4 Å². The summed E-state index contributed by atoms with van der Waals surface area (Å²) < 4.78 is 6.36. The van der Waals surface area contributed by atoms with Crippen molar-refractivity contribution < 1.29 is 14.3 Å². The van der Waals surface area contributed by atoms with E-state index < -0.39 is 12.0 Å². The molecule has 1 aliphatic heterocycles. The van der Waals surface area contributed by atoms with Gasteiger partial charge in [0.15, 0.2) is 0 Å². The van der Waals surface area contributed by atoms with Crippen molar-refractivity contribution >= 4 is 27.9 Å². The van der Waals surface area contributed by atoms with Crippen LogP contribution >= 0.6 is 15.9 Å². The Morgan fingerprint density at radius 1 is 1.15 bits per heavy atom. The van der Waals surface area contributed by atoms with Crippen LogP contribution in [-0.2, 0) is 16.1 Å². The van der Waals surface area contributed by atoms with Crippen molar-refractivity contribution in [3.05, 3.63) is 81.0 Å². The van der Waals surface area contributed by atoms with Gasteiger partial charge >= 0.3 is 12.0 Å². The Morgan fingerprint density at radius 2 is 1.88 bits per heavy atom. The van der Waals surface area contributed by atoms with Gasteiger partial charge in [-0.2, -0.15) is 0 Å². The second-order valence-corrected chi connectivity index (χ2v) is 7.10. The zero-order chi connectivity index (χ0) is 18.7. The maximum Gasteiger partial charge on any atom is 0.338 e. The maximum absolute atomic E-state index is 12.7. The molecule has 6 heteroatoms. The molecule has 134 valence electrons. The van der Waals surface area contributed by atoms with Crippen LogP contribution in [-0.4, -0.2) is 12.0 Å². The fourth-order valence-corrected chi connectivity index (χ4v) is 3.23. The molecule has 0 saturated carbocycles. The third kappa shape index (κ3) is 4.14. The Hall–Kier alpha value is -2.60. The van der Waals surface area contributed by atoms with Gasteiger partial charge in [-0.15, -0.1) is 0 Å². The number of esters is 1. The number of hydrogen-bond acceptors (Lipinski definition) is 3. The van der Waals surface area contributed by atoms with Gasteiger partial charge in [0.1, 0.15) is 6.61 Å². The fraction of sp³-hybridized carbons (Fsp3) is 0.200. The number of carbonyl (C=O) groups excluding carboxylic acids is 2. The van der Waals surface area contributed by atoms with E-state index in [0.29, 0.717) is 11.3 Å². The average Bonchev–Trinajstić information content (AvgIpc) is 2.60. The molecule has 0 radical (unpaired) electrons. The molecule has 2 aromatic carbocycles.